The minimum absolute atomic E-state index is 0.0373. The lowest BCUT2D eigenvalue weighted by Crippen LogP contribution is -2.48. The van der Waals surface area contributed by atoms with E-state index >= 15 is 0 Å². The maximum Gasteiger partial charge on any atom is 0.269 e. The van der Waals surface area contributed by atoms with Crippen molar-refractivity contribution < 1.29 is 9.59 Å². The van der Waals surface area contributed by atoms with Crippen LogP contribution in [-0.4, -0.2) is 16.9 Å². The van der Waals surface area contributed by atoms with Gasteiger partial charge in [0.2, 0.25) is 5.91 Å². The fraction of sp³-hybridized carbons (Fsp3) is 0.550. The van der Waals surface area contributed by atoms with Gasteiger partial charge in [-0.1, -0.05) is 65.5 Å². The van der Waals surface area contributed by atoms with Gasteiger partial charge in [0.25, 0.3) is 5.91 Å². The normalized spacial score (nSPS) is 10.9. The average Bonchev–Trinajstić information content (AvgIpc) is 2.59. The highest BCUT2D eigenvalue weighted by molar-refractivity contribution is 7.80. The number of hydrogen-bond donors (Lipinski definition) is 3. The van der Waals surface area contributed by atoms with Crippen LogP contribution in [0.3, 0.4) is 0 Å². The van der Waals surface area contributed by atoms with Crippen LogP contribution in [0, 0.1) is 0 Å². The molecule has 144 valence electrons. The summed E-state index contributed by atoms with van der Waals surface area (Å²) in [6.07, 6.45) is 5.86. The molecule has 5 nitrogen and oxygen atoms in total. The molecule has 0 aromatic heterocycles. The van der Waals surface area contributed by atoms with Crippen LogP contribution >= 0.6 is 12.2 Å². The second-order valence-corrected chi connectivity index (χ2v) is 7.86. The number of thiocarbonyl (C=S) groups is 1. The predicted octanol–water partition coefficient (Wildman–Crippen LogP) is 3.98. The molecular weight excluding hydrogens is 346 g/mol. The van der Waals surface area contributed by atoms with Crippen molar-refractivity contribution in [3.05, 3.63) is 35.4 Å². The van der Waals surface area contributed by atoms with Gasteiger partial charge in [0.15, 0.2) is 5.11 Å². The Kier molecular flexibility index (Phi) is 9.27. The van der Waals surface area contributed by atoms with E-state index in [-0.39, 0.29) is 22.3 Å². The van der Waals surface area contributed by atoms with Crippen LogP contribution in [0.5, 0.6) is 0 Å². The van der Waals surface area contributed by atoms with Gasteiger partial charge in [0.1, 0.15) is 0 Å². The highest BCUT2D eigenvalue weighted by atomic mass is 32.1. The van der Waals surface area contributed by atoms with Gasteiger partial charge in [-0.3, -0.25) is 20.4 Å². The van der Waals surface area contributed by atoms with E-state index in [1.54, 1.807) is 12.1 Å². The molecule has 1 rings (SSSR count). The number of unbranched alkanes of at least 4 members (excludes halogenated alkanes) is 4. The number of hydrogen-bond acceptors (Lipinski definition) is 3. The summed E-state index contributed by atoms with van der Waals surface area (Å²) in [7, 11) is 0. The minimum atomic E-state index is -0.304. The van der Waals surface area contributed by atoms with Crippen LogP contribution in [0.4, 0.5) is 0 Å². The van der Waals surface area contributed by atoms with E-state index in [0.29, 0.717) is 12.0 Å². The molecule has 0 radical (unpaired) electrons. The zero-order valence-electron chi connectivity index (χ0n) is 16.3. The Morgan fingerprint density at radius 3 is 2.15 bits per heavy atom. The van der Waals surface area contributed by atoms with Crippen molar-refractivity contribution in [2.75, 3.05) is 0 Å². The summed E-state index contributed by atoms with van der Waals surface area (Å²) < 4.78 is 0. The largest absolute Gasteiger partial charge is 0.302 e. The van der Waals surface area contributed by atoms with Crippen molar-refractivity contribution in [1.82, 2.24) is 16.2 Å². The smallest absolute Gasteiger partial charge is 0.269 e. The minimum Gasteiger partial charge on any atom is -0.302 e. The number of carbonyl (C=O) groups excluding carboxylic acids is 2. The van der Waals surface area contributed by atoms with Gasteiger partial charge in [0, 0.05) is 12.0 Å². The Labute approximate surface area is 162 Å². The van der Waals surface area contributed by atoms with Gasteiger partial charge in [-0.25, -0.2) is 0 Å². The molecule has 6 heteroatoms. The Morgan fingerprint density at radius 1 is 0.962 bits per heavy atom. The molecule has 0 saturated heterocycles. The summed E-state index contributed by atoms with van der Waals surface area (Å²) in [4.78, 5) is 23.9. The van der Waals surface area contributed by atoms with Crippen molar-refractivity contribution in [3.8, 4) is 0 Å². The van der Waals surface area contributed by atoms with Crippen LogP contribution in [0.2, 0.25) is 0 Å². The van der Waals surface area contributed by atoms with Gasteiger partial charge in [-0.05, 0) is 41.7 Å². The molecule has 0 saturated carbocycles. The zero-order valence-corrected chi connectivity index (χ0v) is 17.1. The number of benzene rings is 1. The van der Waals surface area contributed by atoms with Crippen molar-refractivity contribution in [2.45, 2.75) is 71.6 Å². The molecule has 0 spiro atoms. The molecule has 0 heterocycles. The summed E-state index contributed by atoms with van der Waals surface area (Å²) in [5.74, 6) is -0.440. The Hall–Kier alpha value is -1.95. The van der Waals surface area contributed by atoms with E-state index in [1.807, 2.05) is 12.1 Å². The fourth-order valence-corrected chi connectivity index (χ4v) is 2.58. The van der Waals surface area contributed by atoms with Gasteiger partial charge < -0.3 is 5.32 Å². The van der Waals surface area contributed by atoms with Crippen molar-refractivity contribution in [3.63, 3.8) is 0 Å². The number of amides is 2. The maximum absolute atomic E-state index is 12.1. The third-order valence-corrected chi connectivity index (χ3v) is 4.27. The number of rotatable bonds is 7. The van der Waals surface area contributed by atoms with Crippen LogP contribution in [0.15, 0.2) is 24.3 Å². The lowest BCUT2D eigenvalue weighted by molar-refractivity contribution is -0.119. The van der Waals surface area contributed by atoms with Crippen LogP contribution < -0.4 is 16.2 Å². The van der Waals surface area contributed by atoms with Gasteiger partial charge in [-0.2, -0.15) is 0 Å². The first kappa shape index (κ1) is 22.1. The summed E-state index contributed by atoms with van der Waals surface area (Å²) in [6, 6.07) is 7.42. The fourth-order valence-electron chi connectivity index (χ4n) is 2.42. The molecule has 0 atom stereocenters. The molecule has 2 amide bonds. The van der Waals surface area contributed by atoms with Crippen LogP contribution in [0.25, 0.3) is 0 Å². The molecule has 0 unspecified atom stereocenters. The summed E-state index contributed by atoms with van der Waals surface area (Å²) in [5.41, 5.74) is 6.79. The molecule has 1 aromatic rings. The quantitative estimate of drug-likeness (QED) is 0.382. The molecule has 0 bridgehead atoms. The Morgan fingerprint density at radius 2 is 1.58 bits per heavy atom. The van der Waals surface area contributed by atoms with Crippen molar-refractivity contribution in [1.29, 1.82) is 0 Å². The first-order chi connectivity index (χ1) is 12.2. The first-order valence-corrected chi connectivity index (χ1v) is 9.65. The van der Waals surface area contributed by atoms with Crippen LogP contribution in [0.1, 0.15) is 82.1 Å². The summed E-state index contributed by atoms with van der Waals surface area (Å²) >= 11 is 5.03. The molecule has 0 aliphatic heterocycles. The van der Waals surface area contributed by atoms with Crippen molar-refractivity contribution >= 4 is 29.1 Å². The van der Waals surface area contributed by atoms with E-state index < -0.39 is 0 Å². The molecule has 26 heavy (non-hydrogen) atoms. The van der Waals surface area contributed by atoms with E-state index in [1.165, 1.54) is 12.8 Å². The van der Waals surface area contributed by atoms with Gasteiger partial charge in [0.05, 0.1) is 0 Å². The zero-order chi connectivity index (χ0) is 19.6. The Balaban J connectivity index is 2.33. The van der Waals surface area contributed by atoms with Crippen molar-refractivity contribution in [2.24, 2.45) is 0 Å². The highest BCUT2D eigenvalue weighted by Gasteiger charge is 2.14. The average molecular weight is 378 g/mol. The number of hydrazine groups is 1. The third kappa shape index (κ3) is 8.43. The second-order valence-electron chi connectivity index (χ2n) is 7.45. The summed E-state index contributed by atoms with van der Waals surface area (Å²) in [6.45, 7) is 8.52. The first-order valence-electron chi connectivity index (χ1n) is 9.24. The lowest BCUT2D eigenvalue weighted by atomic mass is 9.87. The van der Waals surface area contributed by atoms with E-state index in [0.717, 1.165) is 24.8 Å². The molecule has 1 aromatic carbocycles. The van der Waals surface area contributed by atoms with E-state index in [2.05, 4.69) is 43.9 Å². The van der Waals surface area contributed by atoms with Gasteiger partial charge in [-0.15, -0.1) is 0 Å². The van der Waals surface area contributed by atoms with E-state index in [9.17, 15) is 9.59 Å². The molecular formula is C20H31N3O2S. The SMILES string of the molecule is CCCCCCCC(=O)NC(=S)NNC(=O)c1ccc(C(C)(C)C)cc1. The maximum atomic E-state index is 12.1. The van der Waals surface area contributed by atoms with E-state index in [4.69, 9.17) is 12.2 Å². The Bertz CT molecular complexity index is 606. The monoisotopic (exact) mass is 377 g/mol. The molecule has 0 aliphatic rings. The molecule has 0 aliphatic carbocycles. The number of nitrogens with one attached hydrogen (secondary N) is 3. The molecule has 0 fully saturated rings. The lowest BCUT2D eigenvalue weighted by Gasteiger charge is -2.19. The summed E-state index contributed by atoms with van der Waals surface area (Å²) in [5, 5.41) is 2.67. The second kappa shape index (κ2) is 10.9. The molecule has 3 N–H and O–H groups in total. The standard InChI is InChI=1S/C20H31N3O2S/c1-5-6-7-8-9-10-17(24)21-19(26)23-22-18(25)15-11-13-16(14-12-15)20(2,3)4/h11-14H,5-10H2,1-4H3,(H,22,25)(H2,21,23,24,26). The third-order valence-electron chi connectivity index (χ3n) is 4.06. The number of carbonyl (C=O) groups is 2. The highest BCUT2D eigenvalue weighted by Crippen LogP contribution is 2.22. The van der Waals surface area contributed by atoms with Crippen LogP contribution in [-0.2, 0) is 10.2 Å². The topological polar surface area (TPSA) is 70.2 Å². The predicted molar refractivity (Wildman–Crippen MR) is 110 cm³/mol. The van der Waals surface area contributed by atoms with Gasteiger partial charge >= 0.3 is 0 Å².